The summed E-state index contributed by atoms with van der Waals surface area (Å²) in [6.07, 6.45) is 7.56. The van der Waals surface area contributed by atoms with Crippen molar-refractivity contribution in [1.82, 2.24) is 0 Å². The molecule has 0 saturated heterocycles. The molecule has 1 rings (SSSR count). The van der Waals surface area contributed by atoms with Gasteiger partial charge in [0.2, 0.25) is 0 Å². The Morgan fingerprint density at radius 3 is 2.94 bits per heavy atom. The lowest BCUT2D eigenvalue weighted by Crippen LogP contribution is -2.21. The van der Waals surface area contributed by atoms with Gasteiger partial charge in [-0.2, -0.15) is 0 Å². The number of hydrogen-bond acceptors (Lipinski definition) is 1. The van der Waals surface area contributed by atoms with Crippen LogP contribution in [0.25, 0.3) is 0 Å². The van der Waals surface area contributed by atoms with Crippen molar-refractivity contribution < 1.29 is 4.79 Å². The van der Waals surface area contributed by atoms with Crippen LogP contribution >= 0.6 is 0 Å². The fraction of sp³-hybridized carbons (Fsp3) is 0.667. The number of aldehydes is 1. The summed E-state index contributed by atoms with van der Waals surface area (Å²) >= 11 is 0. The molecule has 0 spiro atoms. The summed E-state index contributed by atoms with van der Waals surface area (Å²) in [5, 5.41) is 0. The number of carbonyl (C=O) groups is 1. The topological polar surface area (TPSA) is 17.1 Å². The second-order valence-electron chi connectivity index (χ2n) is 5.42. The largest absolute Gasteiger partial charge is 0.303 e. The van der Waals surface area contributed by atoms with E-state index >= 15 is 0 Å². The van der Waals surface area contributed by atoms with Crippen LogP contribution in [0, 0.1) is 17.8 Å². The highest BCUT2D eigenvalue weighted by molar-refractivity contribution is 5.50. The van der Waals surface area contributed by atoms with Gasteiger partial charge >= 0.3 is 0 Å². The third-order valence-corrected chi connectivity index (χ3v) is 3.83. The third kappa shape index (κ3) is 3.62. The van der Waals surface area contributed by atoms with E-state index in [2.05, 4.69) is 33.4 Å². The minimum absolute atomic E-state index is 0.490. The van der Waals surface area contributed by atoms with Crippen LogP contribution in [-0.2, 0) is 4.79 Å². The molecular weight excluding hydrogens is 196 g/mol. The van der Waals surface area contributed by atoms with Gasteiger partial charge in [-0.1, -0.05) is 24.1 Å². The van der Waals surface area contributed by atoms with Gasteiger partial charge in [0.15, 0.2) is 0 Å². The first-order valence-corrected chi connectivity index (χ1v) is 6.29. The monoisotopic (exact) mass is 220 g/mol. The van der Waals surface area contributed by atoms with Gasteiger partial charge in [0, 0.05) is 6.42 Å². The maximum atomic E-state index is 10.6. The lowest BCUT2D eigenvalue weighted by atomic mass is 9.74. The SMILES string of the molecule is C=C(C)CC(C)C1CC=C(C)C(CC=O)C1. The molecule has 1 aliphatic carbocycles. The Morgan fingerprint density at radius 1 is 1.69 bits per heavy atom. The minimum atomic E-state index is 0.490. The summed E-state index contributed by atoms with van der Waals surface area (Å²) in [6.45, 7) is 10.6. The van der Waals surface area contributed by atoms with E-state index in [1.807, 2.05) is 0 Å². The molecule has 1 nitrogen and oxygen atoms in total. The van der Waals surface area contributed by atoms with Crippen molar-refractivity contribution in [3.63, 3.8) is 0 Å². The second-order valence-corrected chi connectivity index (χ2v) is 5.42. The Bertz CT molecular complexity index is 288. The first-order chi connectivity index (χ1) is 7.54. The van der Waals surface area contributed by atoms with Gasteiger partial charge in [-0.05, 0) is 50.9 Å². The van der Waals surface area contributed by atoms with Crippen molar-refractivity contribution in [2.24, 2.45) is 17.8 Å². The number of rotatable bonds is 5. The van der Waals surface area contributed by atoms with Crippen molar-refractivity contribution in [2.75, 3.05) is 0 Å². The molecule has 0 aromatic heterocycles. The van der Waals surface area contributed by atoms with E-state index in [1.54, 1.807) is 0 Å². The van der Waals surface area contributed by atoms with Crippen molar-refractivity contribution in [1.29, 1.82) is 0 Å². The van der Waals surface area contributed by atoms with E-state index in [0.29, 0.717) is 18.3 Å². The van der Waals surface area contributed by atoms with Gasteiger partial charge in [0.25, 0.3) is 0 Å². The van der Waals surface area contributed by atoms with Crippen LogP contribution in [0.3, 0.4) is 0 Å². The van der Waals surface area contributed by atoms with Crippen LogP contribution in [0.15, 0.2) is 23.8 Å². The highest BCUT2D eigenvalue weighted by Crippen LogP contribution is 2.36. The molecule has 0 fully saturated rings. The normalized spacial score (nSPS) is 27.1. The fourth-order valence-electron chi connectivity index (χ4n) is 2.73. The Kier molecular flexibility index (Phi) is 4.98. The molecule has 1 aliphatic rings. The van der Waals surface area contributed by atoms with Crippen LogP contribution in [0.5, 0.6) is 0 Å². The van der Waals surface area contributed by atoms with Crippen LogP contribution in [-0.4, -0.2) is 6.29 Å². The summed E-state index contributed by atoms with van der Waals surface area (Å²) in [5.41, 5.74) is 2.68. The van der Waals surface area contributed by atoms with E-state index in [1.165, 1.54) is 24.0 Å². The molecule has 90 valence electrons. The maximum Gasteiger partial charge on any atom is 0.120 e. The first kappa shape index (κ1) is 13.2. The first-order valence-electron chi connectivity index (χ1n) is 6.29. The minimum Gasteiger partial charge on any atom is -0.303 e. The van der Waals surface area contributed by atoms with Gasteiger partial charge < -0.3 is 4.79 Å². The molecule has 3 unspecified atom stereocenters. The molecular formula is C15H24O. The van der Waals surface area contributed by atoms with Gasteiger partial charge in [0.05, 0.1) is 0 Å². The maximum absolute atomic E-state index is 10.6. The lowest BCUT2D eigenvalue weighted by Gasteiger charge is -2.31. The second kappa shape index (κ2) is 6.03. The molecule has 3 atom stereocenters. The van der Waals surface area contributed by atoms with Crippen LogP contribution in [0.2, 0.25) is 0 Å². The number of carbonyl (C=O) groups excluding carboxylic acids is 1. The highest BCUT2D eigenvalue weighted by atomic mass is 16.1. The smallest absolute Gasteiger partial charge is 0.120 e. The van der Waals surface area contributed by atoms with E-state index in [9.17, 15) is 4.79 Å². The van der Waals surface area contributed by atoms with E-state index in [-0.39, 0.29) is 0 Å². The van der Waals surface area contributed by atoms with Crippen LogP contribution in [0.1, 0.15) is 46.5 Å². The van der Waals surface area contributed by atoms with E-state index in [0.717, 1.165) is 18.6 Å². The number of hydrogen-bond donors (Lipinski definition) is 0. The number of allylic oxidation sites excluding steroid dienone is 3. The quantitative estimate of drug-likeness (QED) is 0.502. The summed E-state index contributed by atoms with van der Waals surface area (Å²) in [7, 11) is 0. The van der Waals surface area contributed by atoms with Gasteiger partial charge in [-0.3, -0.25) is 0 Å². The fourth-order valence-corrected chi connectivity index (χ4v) is 2.73. The zero-order valence-corrected chi connectivity index (χ0v) is 10.8. The molecule has 0 aromatic carbocycles. The van der Waals surface area contributed by atoms with Gasteiger partial charge in [-0.15, -0.1) is 6.58 Å². The Hall–Kier alpha value is -0.850. The summed E-state index contributed by atoms with van der Waals surface area (Å²) in [5.74, 6) is 1.91. The standard InChI is InChI=1S/C15H24O/c1-11(2)9-13(4)14-6-5-12(3)15(10-14)7-8-16/h5,8,13-15H,1,6-7,9-10H2,2-4H3. The molecule has 0 bridgehead atoms. The molecule has 0 radical (unpaired) electrons. The molecule has 0 N–H and O–H groups in total. The van der Waals surface area contributed by atoms with Gasteiger partial charge in [0.1, 0.15) is 6.29 Å². The zero-order chi connectivity index (χ0) is 12.1. The summed E-state index contributed by atoms with van der Waals surface area (Å²) < 4.78 is 0. The lowest BCUT2D eigenvalue weighted by molar-refractivity contribution is -0.108. The van der Waals surface area contributed by atoms with E-state index < -0.39 is 0 Å². The molecule has 1 heteroatoms. The average Bonchev–Trinajstić information content (AvgIpc) is 2.20. The predicted molar refractivity (Wildman–Crippen MR) is 69.2 cm³/mol. The Labute approximate surface area is 99.6 Å². The Balaban J connectivity index is 2.58. The van der Waals surface area contributed by atoms with Gasteiger partial charge in [-0.25, -0.2) is 0 Å². The summed E-state index contributed by atoms with van der Waals surface area (Å²) in [6, 6.07) is 0. The molecule has 0 heterocycles. The molecule has 16 heavy (non-hydrogen) atoms. The molecule has 0 amide bonds. The van der Waals surface area contributed by atoms with Crippen molar-refractivity contribution >= 4 is 6.29 Å². The van der Waals surface area contributed by atoms with E-state index in [4.69, 9.17) is 0 Å². The van der Waals surface area contributed by atoms with Crippen LogP contribution < -0.4 is 0 Å². The highest BCUT2D eigenvalue weighted by Gasteiger charge is 2.25. The van der Waals surface area contributed by atoms with Crippen molar-refractivity contribution in [2.45, 2.75) is 46.5 Å². The molecule has 0 aromatic rings. The zero-order valence-electron chi connectivity index (χ0n) is 10.8. The van der Waals surface area contributed by atoms with Crippen LogP contribution in [0.4, 0.5) is 0 Å². The van der Waals surface area contributed by atoms with Crippen molar-refractivity contribution in [3.8, 4) is 0 Å². The predicted octanol–water partition coefficient (Wildman–Crippen LogP) is 4.15. The molecule has 0 aliphatic heterocycles. The third-order valence-electron chi connectivity index (χ3n) is 3.83. The Morgan fingerprint density at radius 2 is 2.38 bits per heavy atom. The molecule has 0 saturated carbocycles. The van der Waals surface area contributed by atoms with Crippen molar-refractivity contribution in [3.05, 3.63) is 23.8 Å². The average molecular weight is 220 g/mol. The summed E-state index contributed by atoms with van der Waals surface area (Å²) in [4.78, 5) is 10.6.